The molecular weight excluding hydrogens is 269 g/mol. The number of aromatic nitrogens is 1. The number of nitrogens with zero attached hydrogens (tertiary/aromatic N) is 1. The smallest absolute Gasteiger partial charge is 0.381 e. The van der Waals surface area contributed by atoms with Crippen molar-refractivity contribution in [2.24, 2.45) is 5.92 Å². The van der Waals surface area contributed by atoms with E-state index >= 15 is 0 Å². The Hall–Kier alpha value is -1.15. The Balaban J connectivity index is 1.96. The fourth-order valence-electron chi connectivity index (χ4n) is 1.63. The minimum atomic E-state index is -4.47. The molecule has 0 bridgehead atoms. The summed E-state index contributed by atoms with van der Waals surface area (Å²) in [6.45, 7) is 1.01. The van der Waals surface area contributed by atoms with E-state index in [1.165, 1.54) is 0 Å². The summed E-state index contributed by atoms with van der Waals surface area (Å²) >= 11 is 0.774. The predicted octanol–water partition coefficient (Wildman–Crippen LogP) is 2.53. The van der Waals surface area contributed by atoms with Crippen molar-refractivity contribution < 1.29 is 22.7 Å². The molecule has 1 aliphatic heterocycles. The zero-order valence-electron chi connectivity index (χ0n) is 9.29. The van der Waals surface area contributed by atoms with Gasteiger partial charge in [0.15, 0.2) is 10.8 Å². The van der Waals surface area contributed by atoms with Crippen molar-refractivity contribution >= 4 is 22.4 Å². The molecule has 0 unspecified atom stereocenters. The van der Waals surface area contributed by atoms with E-state index in [1.54, 1.807) is 0 Å². The van der Waals surface area contributed by atoms with Gasteiger partial charge >= 0.3 is 6.18 Å². The molecule has 8 heteroatoms. The molecule has 0 atom stereocenters. The molecular formula is C10H11F3N2O2S. The lowest BCUT2D eigenvalue weighted by Gasteiger charge is -2.20. The number of thiazole rings is 1. The topological polar surface area (TPSA) is 51.2 Å². The van der Waals surface area contributed by atoms with E-state index in [2.05, 4.69) is 10.3 Å². The highest BCUT2D eigenvalue weighted by atomic mass is 32.1. The highest BCUT2D eigenvalue weighted by Crippen LogP contribution is 2.31. The monoisotopic (exact) mass is 280 g/mol. The molecule has 1 aliphatic rings. The van der Waals surface area contributed by atoms with Gasteiger partial charge < -0.3 is 10.1 Å². The van der Waals surface area contributed by atoms with Crippen molar-refractivity contribution in [2.45, 2.75) is 19.0 Å². The number of hydrogen-bond donors (Lipinski definition) is 1. The van der Waals surface area contributed by atoms with E-state index in [-0.39, 0.29) is 17.0 Å². The molecule has 0 aromatic carbocycles. The summed E-state index contributed by atoms with van der Waals surface area (Å²) in [6.07, 6.45) is -3.30. The van der Waals surface area contributed by atoms with Crippen LogP contribution < -0.4 is 5.32 Å². The van der Waals surface area contributed by atoms with Crippen LogP contribution in [0.1, 0.15) is 18.5 Å². The lowest BCUT2D eigenvalue weighted by Crippen LogP contribution is -2.28. The maximum Gasteiger partial charge on any atom is 0.434 e. The van der Waals surface area contributed by atoms with Gasteiger partial charge in [0.1, 0.15) is 0 Å². The molecule has 18 heavy (non-hydrogen) atoms. The van der Waals surface area contributed by atoms with Gasteiger partial charge in [0, 0.05) is 24.5 Å². The van der Waals surface area contributed by atoms with Crippen molar-refractivity contribution in [3.05, 3.63) is 11.1 Å². The normalized spacial score (nSPS) is 17.7. The number of ether oxygens (including phenoxy) is 1. The van der Waals surface area contributed by atoms with E-state index in [4.69, 9.17) is 4.74 Å². The van der Waals surface area contributed by atoms with E-state index < -0.39 is 11.9 Å². The van der Waals surface area contributed by atoms with Crippen LogP contribution in [-0.4, -0.2) is 24.1 Å². The summed E-state index contributed by atoms with van der Waals surface area (Å²) in [5.74, 6) is -0.502. The quantitative estimate of drug-likeness (QED) is 0.905. The van der Waals surface area contributed by atoms with E-state index in [9.17, 15) is 18.0 Å². The zero-order valence-corrected chi connectivity index (χ0v) is 10.1. The first kappa shape index (κ1) is 13.3. The summed E-state index contributed by atoms with van der Waals surface area (Å²) < 4.78 is 42.0. The average Bonchev–Trinajstić information content (AvgIpc) is 2.78. The maximum atomic E-state index is 12.3. The summed E-state index contributed by atoms with van der Waals surface area (Å²) in [6, 6.07) is 0. The van der Waals surface area contributed by atoms with Gasteiger partial charge in [-0.1, -0.05) is 0 Å². The van der Waals surface area contributed by atoms with E-state index in [0.29, 0.717) is 26.1 Å². The number of anilines is 1. The first-order valence-corrected chi connectivity index (χ1v) is 6.26. The van der Waals surface area contributed by atoms with Crippen molar-refractivity contribution in [3.8, 4) is 0 Å². The van der Waals surface area contributed by atoms with E-state index in [0.717, 1.165) is 16.7 Å². The van der Waals surface area contributed by atoms with Gasteiger partial charge in [-0.15, -0.1) is 11.3 Å². The minimum Gasteiger partial charge on any atom is -0.381 e. The van der Waals surface area contributed by atoms with Gasteiger partial charge in [0.25, 0.3) is 0 Å². The van der Waals surface area contributed by atoms with E-state index in [1.807, 2.05) is 0 Å². The molecule has 1 aromatic heterocycles. The Morgan fingerprint density at radius 2 is 2.11 bits per heavy atom. The van der Waals surface area contributed by atoms with Crippen LogP contribution in [0.4, 0.5) is 18.3 Å². The predicted molar refractivity (Wildman–Crippen MR) is 59.3 cm³/mol. The van der Waals surface area contributed by atoms with Crippen molar-refractivity contribution in [2.75, 3.05) is 18.5 Å². The number of rotatable bonds is 2. The summed E-state index contributed by atoms with van der Waals surface area (Å²) in [5, 5.41) is 3.29. The Morgan fingerprint density at radius 3 is 2.67 bits per heavy atom. The molecule has 0 spiro atoms. The SMILES string of the molecule is O=C(Nc1nc(C(F)(F)F)cs1)C1CCOCC1. The third kappa shape index (κ3) is 3.20. The van der Waals surface area contributed by atoms with Crippen LogP contribution in [0, 0.1) is 5.92 Å². The van der Waals surface area contributed by atoms with Crippen LogP contribution in [0.3, 0.4) is 0 Å². The Bertz CT molecular complexity index is 427. The molecule has 1 saturated heterocycles. The lowest BCUT2D eigenvalue weighted by atomic mass is 10.00. The van der Waals surface area contributed by atoms with Gasteiger partial charge in [-0.2, -0.15) is 13.2 Å². The molecule has 0 saturated carbocycles. The molecule has 0 aliphatic carbocycles. The Kier molecular flexibility index (Phi) is 3.86. The first-order chi connectivity index (χ1) is 8.47. The fraction of sp³-hybridized carbons (Fsp3) is 0.600. The fourth-order valence-corrected chi connectivity index (χ4v) is 2.35. The second-order valence-electron chi connectivity index (χ2n) is 3.91. The highest BCUT2D eigenvalue weighted by molar-refractivity contribution is 7.13. The number of carbonyl (C=O) groups excluding carboxylic acids is 1. The minimum absolute atomic E-state index is 0.0150. The largest absolute Gasteiger partial charge is 0.434 e. The summed E-state index contributed by atoms with van der Waals surface area (Å²) in [7, 11) is 0. The van der Waals surface area contributed by atoms with Crippen LogP contribution in [0.15, 0.2) is 5.38 Å². The molecule has 100 valence electrons. The molecule has 2 heterocycles. The number of halogens is 3. The van der Waals surface area contributed by atoms with Gasteiger partial charge in [0.2, 0.25) is 5.91 Å². The number of amides is 1. The standard InChI is InChI=1S/C10H11F3N2O2S/c11-10(12,13)7-5-18-9(14-7)15-8(16)6-1-3-17-4-2-6/h5-6H,1-4H2,(H,14,15,16). The van der Waals surface area contributed by atoms with Gasteiger partial charge in [0.05, 0.1) is 0 Å². The molecule has 1 fully saturated rings. The van der Waals surface area contributed by atoms with Crippen LogP contribution in [0.25, 0.3) is 0 Å². The second kappa shape index (κ2) is 5.23. The van der Waals surface area contributed by atoms with Crippen LogP contribution in [-0.2, 0) is 15.7 Å². The second-order valence-corrected chi connectivity index (χ2v) is 4.77. The summed E-state index contributed by atoms with van der Waals surface area (Å²) in [4.78, 5) is 15.1. The molecule has 2 rings (SSSR count). The highest BCUT2D eigenvalue weighted by Gasteiger charge is 2.34. The van der Waals surface area contributed by atoms with Gasteiger partial charge in [-0.05, 0) is 12.8 Å². The molecule has 1 N–H and O–H groups in total. The van der Waals surface area contributed by atoms with Crippen LogP contribution in [0.2, 0.25) is 0 Å². The third-order valence-electron chi connectivity index (χ3n) is 2.62. The number of nitrogens with one attached hydrogen (secondary N) is 1. The number of alkyl halides is 3. The van der Waals surface area contributed by atoms with Crippen molar-refractivity contribution in [1.82, 2.24) is 4.98 Å². The van der Waals surface area contributed by atoms with Crippen molar-refractivity contribution in [1.29, 1.82) is 0 Å². The Morgan fingerprint density at radius 1 is 1.44 bits per heavy atom. The summed E-state index contributed by atoms with van der Waals surface area (Å²) in [5.41, 5.74) is -0.977. The molecule has 4 nitrogen and oxygen atoms in total. The van der Waals surface area contributed by atoms with Crippen molar-refractivity contribution in [3.63, 3.8) is 0 Å². The number of carbonyl (C=O) groups is 1. The average molecular weight is 280 g/mol. The number of hydrogen-bond acceptors (Lipinski definition) is 4. The zero-order chi connectivity index (χ0) is 13.2. The third-order valence-corrected chi connectivity index (χ3v) is 3.37. The van der Waals surface area contributed by atoms with Crippen LogP contribution >= 0.6 is 11.3 Å². The van der Waals surface area contributed by atoms with Gasteiger partial charge in [-0.25, -0.2) is 4.98 Å². The molecule has 1 amide bonds. The van der Waals surface area contributed by atoms with Gasteiger partial charge in [-0.3, -0.25) is 4.79 Å². The lowest BCUT2D eigenvalue weighted by molar-refractivity contribution is -0.140. The molecule has 1 aromatic rings. The maximum absolute atomic E-state index is 12.3. The molecule has 0 radical (unpaired) electrons. The Labute approximate surface area is 105 Å². The first-order valence-electron chi connectivity index (χ1n) is 5.38. The van der Waals surface area contributed by atoms with Crippen LogP contribution in [0.5, 0.6) is 0 Å².